The molecule has 0 spiro atoms. The summed E-state index contributed by atoms with van der Waals surface area (Å²) in [5.74, 6) is 0.590. The molecule has 2 unspecified atom stereocenters. The Labute approximate surface area is 73.3 Å². The first-order valence-corrected chi connectivity index (χ1v) is 4.52. The van der Waals surface area contributed by atoms with Gasteiger partial charge in [-0.3, -0.25) is 0 Å². The second-order valence-corrected chi connectivity index (χ2v) is 3.84. The van der Waals surface area contributed by atoms with Crippen LogP contribution in [0.2, 0.25) is 0 Å². The minimum Gasteiger partial charge on any atom is -0.478 e. The minimum atomic E-state index is -0.799. The van der Waals surface area contributed by atoms with Crippen molar-refractivity contribution in [3.05, 3.63) is 11.6 Å². The molecule has 1 fully saturated rings. The summed E-state index contributed by atoms with van der Waals surface area (Å²) >= 11 is 0. The molecule has 0 amide bonds. The first-order valence-electron chi connectivity index (χ1n) is 4.52. The third-order valence-electron chi connectivity index (χ3n) is 2.80. The van der Waals surface area contributed by atoms with Gasteiger partial charge < -0.3 is 5.11 Å². The summed E-state index contributed by atoms with van der Waals surface area (Å²) in [6.07, 6.45) is 4.45. The molecule has 2 atom stereocenters. The zero-order chi connectivity index (χ0) is 9.14. The van der Waals surface area contributed by atoms with Crippen molar-refractivity contribution < 1.29 is 9.90 Å². The lowest BCUT2D eigenvalue weighted by Crippen LogP contribution is -2.15. The van der Waals surface area contributed by atoms with Crippen molar-refractivity contribution >= 4 is 5.97 Å². The quantitative estimate of drug-likeness (QED) is 0.610. The van der Waals surface area contributed by atoms with Gasteiger partial charge in [-0.1, -0.05) is 19.4 Å². The molecule has 0 aromatic heterocycles. The highest BCUT2D eigenvalue weighted by Crippen LogP contribution is 2.32. The molecule has 0 radical (unpaired) electrons. The Bertz CT molecular complexity index is 206. The summed E-state index contributed by atoms with van der Waals surface area (Å²) in [6.45, 7) is 4.43. The van der Waals surface area contributed by atoms with Gasteiger partial charge >= 0.3 is 5.97 Å². The fourth-order valence-electron chi connectivity index (χ4n) is 1.72. The Balaban J connectivity index is 2.56. The summed E-state index contributed by atoms with van der Waals surface area (Å²) in [4.78, 5) is 10.4. The smallest absolute Gasteiger partial charge is 0.328 e. The predicted molar refractivity (Wildman–Crippen MR) is 47.9 cm³/mol. The first-order chi connectivity index (χ1) is 5.59. The lowest BCUT2D eigenvalue weighted by atomic mass is 9.79. The SMILES string of the molecule is CC1CCC(=CC(=O)O)CC1C. The number of aliphatic carboxylic acids is 1. The highest BCUT2D eigenvalue weighted by atomic mass is 16.4. The van der Waals surface area contributed by atoms with Gasteiger partial charge in [-0.25, -0.2) is 4.79 Å². The van der Waals surface area contributed by atoms with Crippen LogP contribution in [-0.4, -0.2) is 11.1 Å². The molecule has 0 saturated heterocycles. The van der Waals surface area contributed by atoms with Crippen LogP contribution in [0.15, 0.2) is 11.6 Å². The third kappa shape index (κ3) is 2.36. The number of carboxylic acid groups (broad SMARTS) is 1. The van der Waals surface area contributed by atoms with Crippen LogP contribution in [0.3, 0.4) is 0 Å². The Morgan fingerprint density at radius 3 is 2.67 bits per heavy atom. The Hall–Kier alpha value is -0.790. The largest absolute Gasteiger partial charge is 0.478 e. The topological polar surface area (TPSA) is 37.3 Å². The normalized spacial score (nSPS) is 33.7. The molecule has 1 aliphatic carbocycles. The number of rotatable bonds is 1. The van der Waals surface area contributed by atoms with Gasteiger partial charge in [0.15, 0.2) is 0 Å². The molecular formula is C10H16O2. The molecule has 0 bridgehead atoms. The van der Waals surface area contributed by atoms with E-state index in [4.69, 9.17) is 5.11 Å². The Kier molecular flexibility index (Phi) is 2.90. The summed E-state index contributed by atoms with van der Waals surface area (Å²) in [5.41, 5.74) is 1.10. The van der Waals surface area contributed by atoms with E-state index < -0.39 is 5.97 Å². The van der Waals surface area contributed by atoms with Crippen molar-refractivity contribution in [3.63, 3.8) is 0 Å². The van der Waals surface area contributed by atoms with Crippen LogP contribution < -0.4 is 0 Å². The van der Waals surface area contributed by atoms with E-state index in [2.05, 4.69) is 13.8 Å². The summed E-state index contributed by atoms with van der Waals surface area (Å²) in [7, 11) is 0. The first kappa shape index (κ1) is 9.30. The molecule has 1 saturated carbocycles. The van der Waals surface area contributed by atoms with Gasteiger partial charge in [0.05, 0.1) is 0 Å². The van der Waals surface area contributed by atoms with Gasteiger partial charge in [-0.2, -0.15) is 0 Å². The summed E-state index contributed by atoms with van der Waals surface area (Å²) < 4.78 is 0. The molecule has 2 nitrogen and oxygen atoms in total. The van der Waals surface area contributed by atoms with E-state index in [0.717, 1.165) is 30.8 Å². The Morgan fingerprint density at radius 2 is 2.17 bits per heavy atom. The van der Waals surface area contributed by atoms with E-state index in [1.165, 1.54) is 6.08 Å². The van der Waals surface area contributed by atoms with Gasteiger partial charge in [0, 0.05) is 6.08 Å². The maximum Gasteiger partial charge on any atom is 0.328 e. The maximum atomic E-state index is 10.4. The van der Waals surface area contributed by atoms with Crippen molar-refractivity contribution in [2.24, 2.45) is 11.8 Å². The van der Waals surface area contributed by atoms with Crippen LogP contribution in [0.4, 0.5) is 0 Å². The molecule has 0 heterocycles. The lowest BCUT2D eigenvalue weighted by molar-refractivity contribution is -0.131. The van der Waals surface area contributed by atoms with Gasteiger partial charge in [0.1, 0.15) is 0 Å². The van der Waals surface area contributed by atoms with Gasteiger partial charge in [-0.15, -0.1) is 0 Å². The van der Waals surface area contributed by atoms with Crippen LogP contribution in [0.25, 0.3) is 0 Å². The molecule has 1 N–H and O–H groups in total. The monoisotopic (exact) mass is 168 g/mol. The van der Waals surface area contributed by atoms with E-state index in [1.54, 1.807) is 0 Å². The molecule has 1 rings (SSSR count). The number of hydrogen-bond donors (Lipinski definition) is 1. The van der Waals surface area contributed by atoms with E-state index in [1.807, 2.05) is 0 Å². The van der Waals surface area contributed by atoms with Crippen LogP contribution in [-0.2, 0) is 4.79 Å². The summed E-state index contributed by atoms with van der Waals surface area (Å²) in [6, 6.07) is 0. The van der Waals surface area contributed by atoms with Gasteiger partial charge in [0.25, 0.3) is 0 Å². The second kappa shape index (κ2) is 3.74. The summed E-state index contributed by atoms with van der Waals surface area (Å²) in [5, 5.41) is 8.54. The predicted octanol–water partition coefficient (Wildman–Crippen LogP) is 2.45. The zero-order valence-corrected chi connectivity index (χ0v) is 7.71. The van der Waals surface area contributed by atoms with E-state index in [0.29, 0.717) is 5.92 Å². The van der Waals surface area contributed by atoms with Crippen LogP contribution in [0, 0.1) is 11.8 Å². The van der Waals surface area contributed by atoms with Crippen LogP contribution >= 0.6 is 0 Å². The minimum absolute atomic E-state index is 0.643. The number of carboxylic acids is 1. The molecule has 0 aliphatic heterocycles. The molecule has 2 heteroatoms. The van der Waals surface area contributed by atoms with Crippen molar-refractivity contribution in [2.75, 3.05) is 0 Å². The average Bonchev–Trinajstić information content (AvgIpc) is 1.96. The van der Waals surface area contributed by atoms with Crippen molar-refractivity contribution in [3.8, 4) is 0 Å². The number of carbonyl (C=O) groups is 1. The Morgan fingerprint density at radius 1 is 1.50 bits per heavy atom. The molecule has 1 aliphatic rings. The lowest BCUT2D eigenvalue weighted by Gasteiger charge is -2.27. The maximum absolute atomic E-state index is 10.4. The van der Waals surface area contributed by atoms with E-state index in [-0.39, 0.29) is 0 Å². The van der Waals surface area contributed by atoms with Crippen molar-refractivity contribution in [1.29, 1.82) is 0 Å². The van der Waals surface area contributed by atoms with Crippen molar-refractivity contribution in [2.45, 2.75) is 33.1 Å². The molecule has 68 valence electrons. The zero-order valence-electron chi connectivity index (χ0n) is 7.71. The fraction of sp³-hybridized carbons (Fsp3) is 0.700. The average molecular weight is 168 g/mol. The van der Waals surface area contributed by atoms with E-state index >= 15 is 0 Å². The standard InChI is InChI=1S/C10H16O2/c1-7-3-4-9(5-8(7)2)6-10(11)12/h6-8H,3-5H2,1-2H3,(H,11,12). The van der Waals surface area contributed by atoms with Crippen molar-refractivity contribution in [1.82, 2.24) is 0 Å². The second-order valence-electron chi connectivity index (χ2n) is 3.84. The van der Waals surface area contributed by atoms with Gasteiger partial charge in [0.2, 0.25) is 0 Å². The van der Waals surface area contributed by atoms with E-state index in [9.17, 15) is 4.79 Å². The third-order valence-corrected chi connectivity index (χ3v) is 2.80. The van der Waals surface area contributed by atoms with Gasteiger partial charge in [-0.05, 0) is 31.1 Å². The highest BCUT2D eigenvalue weighted by Gasteiger charge is 2.20. The molecule has 12 heavy (non-hydrogen) atoms. The molecule has 0 aromatic carbocycles. The fourth-order valence-corrected chi connectivity index (χ4v) is 1.72. The molecule has 0 aromatic rings. The number of allylic oxidation sites excluding steroid dienone is 1. The highest BCUT2D eigenvalue weighted by molar-refractivity contribution is 5.80. The van der Waals surface area contributed by atoms with Crippen LogP contribution in [0.5, 0.6) is 0 Å². The van der Waals surface area contributed by atoms with Crippen LogP contribution in [0.1, 0.15) is 33.1 Å². The molecular weight excluding hydrogens is 152 g/mol. The number of hydrogen-bond acceptors (Lipinski definition) is 1.